The first-order chi connectivity index (χ1) is 14.4. The molecule has 0 fully saturated rings. The topological polar surface area (TPSA) is 224 Å². The number of carboxylic acids is 1. The van der Waals surface area contributed by atoms with Gasteiger partial charge in [-0.3, -0.25) is 9.79 Å². The fraction of sp³-hybridized carbons (Fsp3) is 0.500. The molecule has 14 heteroatoms. The SMILES string of the molecule is NC(N)=NCCC[C@H](NC(=O)OCCOCCc1nc2nc[nH]c(=O)c2[nH]1)C(=O)O. The molecule has 2 aromatic heterocycles. The summed E-state index contributed by atoms with van der Waals surface area (Å²) in [5.41, 5.74) is 10.7. The van der Waals surface area contributed by atoms with Crippen molar-refractivity contribution in [1.82, 2.24) is 25.3 Å². The van der Waals surface area contributed by atoms with Crippen molar-refractivity contribution >= 4 is 29.2 Å². The molecule has 0 aliphatic carbocycles. The lowest BCUT2D eigenvalue weighted by Gasteiger charge is -2.14. The Morgan fingerprint density at radius 3 is 2.80 bits per heavy atom. The first-order valence-electron chi connectivity index (χ1n) is 9.08. The number of fused-ring (bicyclic) bond motifs is 1. The van der Waals surface area contributed by atoms with E-state index in [-0.39, 0.29) is 44.3 Å². The maximum atomic E-state index is 11.7. The molecule has 30 heavy (non-hydrogen) atoms. The summed E-state index contributed by atoms with van der Waals surface area (Å²) in [6.07, 6.45) is 1.33. The predicted molar refractivity (Wildman–Crippen MR) is 105 cm³/mol. The Hall–Kier alpha value is -3.68. The number of aliphatic imine (C=N–C) groups is 1. The molecule has 0 aliphatic heterocycles. The number of carbonyl (C=O) groups excluding carboxylic acids is 1. The van der Waals surface area contributed by atoms with E-state index in [0.717, 1.165) is 0 Å². The number of nitrogens with zero attached hydrogens (tertiary/aromatic N) is 3. The Kier molecular flexibility index (Phi) is 8.56. The Bertz CT molecular complexity index is 935. The second kappa shape index (κ2) is 11.4. The molecule has 2 heterocycles. The number of aromatic amines is 2. The molecule has 164 valence electrons. The number of ether oxygens (including phenoxy) is 2. The number of aliphatic carboxylic acids is 1. The van der Waals surface area contributed by atoms with Crippen LogP contribution in [0.1, 0.15) is 18.7 Å². The number of carboxylic acid groups (broad SMARTS) is 1. The van der Waals surface area contributed by atoms with Crippen LogP contribution in [-0.4, -0.2) is 75.5 Å². The Labute approximate surface area is 170 Å². The van der Waals surface area contributed by atoms with Crippen molar-refractivity contribution in [1.29, 1.82) is 0 Å². The summed E-state index contributed by atoms with van der Waals surface area (Å²) in [5.74, 6) is -0.732. The van der Waals surface area contributed by atoms with Crippen molar-refractivity contribution in [3.05, 3.63) is 22.5 Å². The number of nitrogens with two attached hydrogens (primary N) is 2. The number of guanidine groups is 1. The van der Waals surface area contributed by atoms with Crippen molar-refractivity contribution in [2.24, 2.45) is 16.5 Å². The van der Waals surface area contributed by atoms with Crippen LogP contribution in [0.4, 0.5) is 4.79 Å². The first-order valence-corrected chi connectivity index (χ1v) is 9.08. The molecule has 2 rings (SSSR count). The maximum absolute atomic E-state index is 11.7. The quantitative estimate of drug-likeness (QED) is 0.130. The fourth-order valence-corrected chi connectivity index (χ4v) is 2.42. The molecular formula is C16H24N8O6. The molecule has 0 aromatic carbocycles. The zero-order valence-electron chi connectivity index (χ0n) is 16.1. The second-order valence-electron chi connectivity index (χ2n) is 6.10. The lowest BCUT2D eigenvalue weighted by molar-refractivity contribution is -0.139. The Morgan fingerprint density at radius 2 is 2.10 bits per heavy atom. The van der Waals surface area contributed by atoms with E-state index in [1.165, 1.54) is 6.33 Å². The number of aromatic nitrogens is 4. The van der Waals surface area contributed by atoms with Crippen molar-refractivity contribution < 1.29 is 24.2 Å². The zero-order valence-corrected chi connectivity index (χ0v) is 16.1. The van der Waals surface area contributed by atoms with Crippen molar-refractivity contribution in [3.63, 3.8) is 0 Å². The summed E-state index contributed by atoms with van der Waals surface area (Å²) in [4.78, 5) is 51.6. The van der Waals surface area contributed by atoms with Crippen molar-refractivity contribution in [2.45, 2.75) is 25.3 Å². The van der Waals surface area contributed by atoms with Crippen LogP contribution in [0, 0.1) is 0 Å². The molecule has 14 nitrogen and oxygen atoms in total. The number of hydrogen-bond donors (Lipinski definition) is 6. The van der Waals surface area contributed by atoms with Gasteiger partial charge in [0, 0.05) is 13.0 Å². The van der Waals surface area contributed by atoms with Crippen molar-refractivity contribution in [3.8, 4) is 0 Å². The van der Waals surface area contributed by atoms with E-state index in [4.69, 9.17) is 26.0 Å². The van der Waals surface area contributed by atoms with Crippen LogP contribution in [0.2, 0.25) is 0 Å². The number of amides is 1. The van der Waals surface area contributed by atoms with Crippen LogP contribution in [0.5, 0.6) is 0 Å². The third-order valence-corrected chi connectivity index (χ3v) is 3.82. The molecular weight excluding hydrogens is 400 g/mol. The minimum absolute atomic E-state index is 0.0620. The summed E-state index contributed by atoms with van der Waals surface area (Å²) < 4.78 is 10.2. The van der Waals surface area contributed by atoms with E-state index in [9.17, 15) is 14.4 Å². The average molecular weight is 424 g/mol. The van der Waals surface area contributed by atoms with Crippen LogP contribution in [0.3, 0.4) is 0 Å². The molecule has 0 unspecified atom stereocenters. The highest BCUT2D eigenvalue weighted by Crippen LogP contribution is 2.03. The van der Waals surface area contributed by atoms with Gasteiger partial charge < -0.3 is 41.3 Å². The van der Waals surface area contributed by atoms with Gasteiger partial charge in [0.15, 0.2) is 17.1 Å². The number of hydrogen-bond acceptors (Lipinski definition) is 8. The van der Waals surface area contributed by atoms with Gasteiger partial charge >= 0.3 is 12.1 Å². The van der Waals surface area contributed by atoms with E-state index in [1.807, 2.05) is 0 Å². The number of imidazole rings is 1. The van der Waals surface area contributed by atoms with Gasteiger partial charge in [0.2, 0.25) is 0 Å². The highest BCUT2D eigenvalue weighted by molar-refractivity contribution is 5.79. The van der Waals surface area contributed by atoms with Gasteiger partial charge in [0.1, 0.15) is 18.5 Å². The minimum atomic E-state index is -1.19. The predicted octanol–water partition coefficient (Wildman–Crippen LogP) is -1.56. The van der Waals surface area contributed by atoms with Gasteiger partial charge in [-0.25, -0.2) is 19.6 Å². The van der Waals surface area contributed by atoms with Crippen LogP contribution in [0.25, 0.3) is 11.2 Å². The lowest BCUT2D eigenvalue weighted by Crippen LogP contribution is -2.41. The van der Waals surface area contributed by atoms with E-state index >= 15 is 0 Å². The Morgan fingerprint density at radius 1 is 1.30 bits per heavy atom. The summed E-state index contributed by atoms with van der Waals surface area (Å²) in [6.45, 7) is 0.569. The number of alkyl carbamates (subject to hydrolysis) is 1. The highest BCUT2D eigenvalue weighted by atomic mass is 16.6. The van der Waals surface area contributed by atoms with E-state index in [2.05, 4.69) is 30.2 Å². The molecule has 0 saturated carbocycles. The average Bonchev–Trinajstić information content (AvgIpc) is 3.11. The molecule has 0 aliphatic rings. The molecule has 8 N–H and O–H groups in total. The Balaban J connectivity index is 1.62. The lowest BCUT2D eigenvalue weighted by atomic mass is 10.1. The van der Waals surface area contributed by atoms with E-state index < -0.39 is 18.1 Å². The fourth-order valence-electron chi connectivity index (χ4n) is 2.42. The molecule has 1 atom stereocenters. The van der Waals surface area contributed by atoms with Gasteiger partial charge in [-0.2, -0.15) is 0 Å². The normalized spacial score (nSPS) is 11.7. The third kappa shape index (κ3) is 7.38. The molecule has 2 aromatic rings. The van der Waals surface area contributed by atoms with Gasteiger partial charge in [-0.1, -0.05) is 0 Å². The second-order valence-corrected chi connectivity index (χ2v) is 6.10. The summed E-state index contributed by atoms with van der Waals surface area (Å²) in [6, 6.07) is -1.11. The number of carbonyl (C=O) groups is 2. The molecule has 0 bridgehead atoms. The molecule has 0 spiro atoms. The van der Waals surface area contributed by atoms with Gasteiger partial charge in [0.25, 0.3) is 5.56 Å². The van der Waals surface area contributed by atoms with Gasteiger partial charge in [0.05, 0.1) is 19.5 Å². The zero-order chi connectivity index (χ0) is 21.9. The smallest absolute Gasteiger partial charge is 0.407 e. The van der Waals surface area contributed by atoms with E-state index in [1.54, 1.807) is 0 Å². The summed E-state index contributed by atoms with van der Waals surface area (Å²) in [7, 11) is 0. The summed E-state index contributed by atoms with van der Waals surface area (Å²) in [5, 5.41) is 11.4. The standard InChI is InChI=1S/C16H24N8O6/c17-15(18)19-4-1-2-9(14(26)27)22-16(28)30-7-6-29-5-3-10-23-11-12(24-10)20-8-21-13(11)25/h8-9H,1-7H2,(H,22,28)(H,26,27)(H4,17,18,19)(H2,20,21,23,24,25)/t9-/m0/s1. The molecule has 0 saturated heterocycles. The first kappa shape index (κ1) is 22.6. The largest absolute Gasteiger partial charge is 0.480 e. The van der Waals surface area contributed by atoms with Crippen LogP contribution >= 0.6 is 0 Å². The molecule has 0 radical (unpaired) electrons. The van der Waals surface area contributed by atoms with Crippen LogP contribution in [0.15, 0.2) is 16.1 Å². The van der Waals surface area contributed by atoms with Crippen LogP contribution in [-0.2, 0) is 20.7 Å². The summed E-state index contributed by atoms with van der Waals surface area (Å²) >= 11 is 0. The van der Waals surface area contributed by atoms with Crippen molar-refractivity contribution in [2.75, 3.05) is 26.4 Å². The minimum Gasteiger partial charge on any atom is -0.480 e. The number of nitrogens with one attached hydrogen (secondary N) is 3. The highest BCUT2D eigenvalue weighted by Gasteiger charge is 2.20. The number of rotatable bonds is 12. The van der Waals surface area contributed by atoms with Crippen LogP contribution < -0.4 is 22.3 Å². The monoisotopic (exact) mass is 424 g/mol. The van der Waals surface area contributed by atoms with E-state index in [0.29, 0.717) is 29.8 Å². The number of H-pyrrole nitrogens is 2. The van der Waals surface area contributed by atoms with Gasteiger partial charge in [-0.15, -0.1) is 0 Å². The third-order valence-electron chi connectivity index (χ3n) is 3.82. The maximum Gasteiger partial charge on any atom is 0.407 e. The van der Waals surface area contributed by atoms with Gasteiger partial charge in [-0.05, 0) is 12.8 Å². The molecule has 1 amide bonds.